The topological polar surface area (TPSA) is 129 Å². The van der Waals surface area contributed by atoms with E-state index in [-0.39, 0.29) is 41.9 Å². The van der Waals surface area contributed by atoms with Crippen molar-refractivity contribution in [1.82, 2.24) is 15.1 Å². The number of allylic oxidation sites excluding steroid dienone is 2. The first-order chi connectivity index (χ1) is 21.9. The van der Waals surface area contributed by atoms with Gasteiger partial charge in [-0.15, -0.1) is 0 Å². The Hall–Kier alpha value is -3.37. The monoisotopic (exact) mass is 688 g/mol. The molecule has 1 aromatic carbocycles. The molecule has 47 heavy (non-hydrogen) atoms. The Bertz CT molecular complexity index is 1480. The maximum Gasteiger partial charge on any atom is 0.410 e. The molecule has 1 aromatic rings. The van der Waals surface area contributed by atoms with Crippen molar-refractivity contribution in [2.24, 2.45) is 10.4 Å². The molecule has 2 N–H and O–H groups in total. The molecule has 0 aromatic heterocycles. The number of amides is 3. The second-order valence-corrected chi connectivity index (χ2v) is 15.6. The van der Waals surface area contributed by atoms with Crippen LogP contribution in [0.3, 0.4) is 0 Å². The number of hydrogen-bond donors (Lipinski definition) is 2. The molecule has 4 rings (SSSR count). The fourth-order valence-corrected chi connectivity index (χ4v) is 6.74. The van der Waals surface area contributed by atoms with Crippen LogP contribution in [0.1, 0.15) is 92.1 Å². The molecule has 1 unspecified atom stereocenters. The van der Waals surface area contributed by atoms with E-state index < -0.39 is 23.3 Å². The molecule has 1 saturated heterocycles. The zero-order chi connectivity index (χ0) is 34.7. The average Bonchev–Trinajstić information content (AvgIpc) is 3.23. The van der Waals surface area contributed by atoms with Crippen LogP contribution in [0.25, 0.3) is 0 Å². The molecule has 2 heterocycles. The van der Waals surface area contributed by atoms with Gasteiger partial charge in [-0.1, -0.05) is 56.1 Å². The first-order valence-electron chi connectivity index (χ1n) is 16.1. The third kappa shape index (κ3) is 9.38. The van der Waals surface area contributed by atoms with E-state index in [4.69, 9.17) is 38.0 Å². The van der Waals surface area contributed by atoms with E-state index in [9.17, 15) is 19.2 Å². The standard InChI is InChI=1S/C35H46Cl2N4O6/c1-33(2,3)13-11-27(22-7-9-23(10-8-22)30(44)38-16-12-28(42)43)41-31(45)29(24-19-25(36)21-26(37)20-24)39-35(41)14-17-40(18-15-35)32(46)47-34(4,5)6/h7,9,19-21,27H,8,10-18H2,1-6H3,(H,38,44)(H,42,43). The Labute approximate surface area is 287 Å². The summed E-state index contributed by atoms with van der Waals surface area (Å²) < 4.78 is 5.64. The van der Waals surface area contributed by atoms with Gasteiger partial charge in [0.1, 0.15) is 17.0 Å². The summed E-state index contributed by atoms with van der Waals surface area (Å²) in [4.78, 5) is 60.0. The van der Waals surface area contributed by atoms with E-state index in [0.29, 0.717) is 66.4 Å². The summed E-state index contributed by atoms with van der Waals surface area (Å²) >= 11 is 12.7. The van der Waals surface area contributed by atoms with Crippen LogP contribution < -0.4 is 5.32 Å². The molecular weight excluding hydrogens is 643 g/mol. The second kappa shape index (κ2) is 14.4. The summed E-state index contributed by atoms with van der Waals surface area (Å²) in [7, 11) is 0. The molecule has 0 saturated carbocycles. The van der Waals surface area contributed by atoms with Gasteiger partial charge in [-0.25, -0.2) is 4.79 Å². The van der Waals surface area contributed by atoms with E-state index in [1.807, 2.05) is 31.7 Å². The Morgan fingerprint density at radius 3 is 2.19 bits per heavy atom. The van der Waals surface area contributed by atoms with Crippen LogP contribution in [-0.2, 0) is 19.1 Å². The Morgan fingerprint density at radius 2 is 1.66 bits per heavy atom. The minimum absolute atomic E-state index is 0.0152. The third-order valence-electron chi connectivity index (χ3n) is 8.55. The number of halogens is 2. The molecule has 3 amide bonds. The smallest absolute Gasteiger partial charge is 0.410 e. The zero-order valence-electron chi connectivity index (χ0n) is 28.1. The van der Waals surface area contributed by atoms with Crippen LogP contribution in [0.5, 0.6) is 0 Å². The number of likely N-dealkylation sites (tertiary alicyclic amines) is 1. The number of piperidine rings is 1. The summed E-state index contributed by atoms with van der Waals surface area (Å²) in [6, 6.07) is 4.68. The van der Waals surface area contributed by atoms with Gasteiger partial charge >= 0.3 is 12.1 Å². The molecule has 10 nitrogen and oxygen atoms in total. The first kappa shape index (κ1) is 36.5. The minimum atomic E-state index is -0.977. The lowest BCUT2D eigenvalue weighted by Gasteiger charge is -2.47. The third-order valence-corrected chi connectivity index (χ3v) is 8.98. The van der Waals surface area contributed by atoms with Gasteiger partial charge in [0.25, 0.3) is 5.91 Å². The van der Waals surface area contributed by atoms with E-state index in [1.165, 1.54) is 0 Å². The number of hydrogen-bond acceptors (Lipinski definition) is 6. The van der Waals surface area contributed by atoms with Crippen molar-refractivity contribution >= 4 is 52.8 Å². The number of aliphatic imine (C=N–C) groups is 1. The molecule has 1 atom stereocenters. The van der Waals surface area contributed by atoms with Crippen LogP contribution in [0.2, 0.25) is 10.0 Å². The van der Waals surface area contributed by atoms with Crippen molar-refractivity contribution in [3.8, 4) is 0 Å². The van der Waals surface area contributed by atoms with Crippen LogP contribution in [0.15, 0.2) is 46.5 Å². The number of nitrogens with one attached hydrogen (secondary N) is 1. The molecule has 0 radical (unpaired) electrons. The lowest BCUT2D eigenvalue weighted by molar-refractivity contribution is -0.137. The number of benzene rings is 1. The number of carboxylic acids is 1. The predicted molar refractivity (Wildman–Crippen MR) is 183 cm³/mol. The second-order valence-electron chi connectivity index (χ2n) is 14.7. The van der Waals surface area contributed by atoms with Crippen molar-refractivity contribution in [2.75, 3.05) is 19.6 Å². The molecule has 1 fully saturated rings. The number of carbonyl (C=O) groups excluding carboxylic acids is 3. The van der Waals surface area contributed by atoms with Crippen molar-refractivity contribution in [2.45, 2.75) is 104 Å². The van der Waals surface area contributed by atoms with Crippen LogP contribution in [0, 0.1) is 5.41 Å². The average molecular weight is 690 g/mol. The molecule has 256 valence electrons. The molecule has 1 aliphatic carbocycles. The van der Waals surface area contributed by atoms with Gasteiger partial charge in [-0.3, -0.25) is 19.4 Å². The summed E-state index contributed by atoms with van der Waals surface area (Å²) in [5.74, 6) is -1.50. The fourth-order valence-electron chi connectivity index (χ4n) is 6.22. The van der Waals surface area contributed by atoms with Gasteiger partial charge in [-0.05, 0) is 75.6 Å². The Morgan fingerprint density at radius 1 is 1.02 bits per heavy atom. The number of carboxylic acid groups (broad SMARTS) is 1. The van der Waals surface area contributed by atoms with Crippen LogP contribution in [-0.4, -0.2) is 81.4 Å². The molecule has 0 bridgehead atoms. The van der Waals surface area contributed by atoms with Crippen LogP contribution in [0.4, 0.5) is 4.79 Å². The SMILES string of the molecule is CC(C)(C)CCC(C1=CC=C(C(=O)NCCC(=O)O)CC1)N1C(=O)C(c2cc(Cl)cc(Cl)c2)=NC12CCN(C(=O)OC(C)(C)C)CC2. The number of carbonyl (C=O) groups is 4. The number of nitrogens with zero attached hydrogens (tertiary/aromatic N) is 3. The lowest BCUT2D eigenvalue weighted by Crippen LogP contribution is -2.58. The van der Waals surface area contributed by atoms with Gasteiger partial charge in [0.2, 0.25) is 5.91 Å². The van der Waals surface area contributed by atoms with Crippen molar-refractivity contribution in [1.29, 1.82) is 0 Å². The maximum absolute atomic E-state index is 14.6. The normalized spacial score (nSPS) is 18.8. The summed E-state index contributed by atoms with van der Waals surface area (Å²) in [5.41, 5.74) is 0.832. The van der Waals surface area contributed by atoms with E-state index in [1.54, 1.807) is 29.2 Å². The Kier molecular flexibility index (Phi) is 11.2. The Balaban J connectivity index is 1.72. The molecular formula is C35H46Cl2N4O6. The van der Waals surface area contributed by atoms with Gasteiger partial charge in [0.05, 0.1) is 12.5 Å². The number of rotatable bonds is 9. The fraction of sp³-hybridized carbons (Fsp3) is 0.571. The highest BCUT2D eigenvalue weighted by Crippen LogP contribution is 2.43. The van der Waals surface area contributed by atoms with Gasteiger partial charge in [-0.2, -0.15) is 0 Å². The summed E-state index contributed by atoms with van der Waals surface area (Å²) in [5, 5.41) is 12.4. The molecule has 1 spiro atoms. The highest BCUT2D eigenvalue weighted by atomic mass is 35.5. The minimum Gasteiger partial charge on any atom is -0.481 e. The first-order valence-corrected chi connectivity index (χ1v) is 16.9. The van der Waals surface area contributed by atoms with Crippen molar-refractivity contribution < 1.29 is 29.0 Å². The summed E-state index contributed by atoms with van der Waals surface area (Å²) in [6.45, 7) is 12.7. The largest absolute Gasteiger partial charge is 0.481 e. The highest BCUT2D eigenvalue weighted by Gasteiger charge is 2.53. The highest BCUT2D eigenvalue weighted by molar-refractivity contribution is 6.48. The van der Waals surface area contributed by atoms with Gasteiger partial charge < -0.3 is 25.0 Å². The quantitative estimate of drug-likeness (QED) is 0.294. The van der Waals surface area contributed by atoms with Crippen LogP contribution >= 0.6 is 23.2 Å². The van der Waals surface area contributed by atoms with Crippen molar-refractivity contribution in [3.63, 3.8) is 0 Å². The molecule has 12 heteroatoms. The van der Waals surface area contributed by atoms with E-state index >= 15 is 0 Å². The number of aliphatic carboxylic acids is 1. The zero-order valence-corrected chi connectivity index (χ0v) is 29.6. The maximum atomic E-state index is 14.6. The summed E-state index contributed by atoms with van der Waals surface area (Å²) in [6.07, 6.45) is 6.49. The van der Waals surface area contributed by atoms with Gasteiger partial charge in [0.15, 0.2) is 0 Å². The van der Waals surface area contributed by atoms with E-state index in [2.05, 4.69) is 26.1 Å². The number of ether oxygens (including phenoxy) is 1. The molecule has 2 aliphatic heterocycles. The van der Waals surface area contributed by atoms with E-state index in [0.717, 1.165) is 12.0 Å². The lowest BCUT2D eigenvalue weighted by atomic mass is 9.82. The van der Waals surface area contributed by atoms with Gasteiger partial charge in [0, 0.05) is 53.7 Å². The van der Waals surface area contributed by atoms with Crippen molar-refractivity contribution in [3.05, 3.63) is 57.1 Å². The predicted octanol–water partition coefficient (Wildman–Crippen LogP) is 6.78. The molecule has 3 aliphatic rings.